The molecule has 0 radical (unpaired) electrons. The first-order chi connectivity index (χ1) is 19.2. The molecule has 0 unspecified atom stereocenters. The summed E-state index contributed by atoms with van der Waals surface area (Å²) in [5, 5.41) is 4.98. The molecule has 0 aliphatic rings. The van der Waals surface area contributed by atoms with E-state index in [1.54, 1.807) is 0 Å². The average molecular weight is 523 g/mol. The minimum atomic E-state index is 0.563. The van der Waals surface area contributed by atoms with Crippen molar-refractivity contribution in [1.29, 1.82) is 0 Å². The second kappa shape index (κ2) is 8.51. The highest BCUT2D eigenvalue weighted by Gasteiger charge is 2.18. The lowest BCUT2D eigenvalue weighted by Crippen LogP contribution is -2.06. The van der Waals surface area contributed by atoms with Gasteiger partial charge < -0.3 is 4.42 Å². The van der Waals surface area contributed by atoms with Gasteiger partial charge in [0.2, 0.25) is 5.95 Å². The van der Waals surface area contributed by atoms with Crippen LogP contribution >= 0.6 is 11.6 Å². The normalized spacial score (nSPS) is 11.7. The molecule has 0 saturated heterocycles. The third-order valence-corrected chi connectivity index (χ3v) is 7.36. The summed E-state index contributed by atoms with van der Waals surface area (Å²) < 4.78 is 8.28. The Morgan fingerprint density at radius 2 is 1.10 bits per heavy atom. The molecule has 8 rings (SSSR count). The van der Waals surface area contributed by atoms with Gasteiger partial charge in [-0.2, -0.15) is 9.97 Å². The van der Waals surface area contributed by atoms with Gasteiger partial charge in [0.1, 0.15) is 11.2 Å². The topological polar surface area (TPSA) is 56.7 Å². The zero-order valence-electron chi connectivity index (χ0n) is 20.5. The predicted octanol–water partition coefficient (Wildman–Crippen LogP) is 8.86. The van der Waals surface area contributed by atoms with Crippen LogP contribution in [0.3, 0.4) is 0 Å². The monoisotopic (exact) mass is 522 g/mol. The van der Waals surface area contributed by atoms with Crippen LogP contribution in [0.5, 0.6) is 0 Å². The van der Waals surface area contributed by atoms with Crippen LogP contribution in [0.1, 0.15) is 0 Å². The van der Waals surface area contributed by atoms with Crippen LogP contribution in [0.25, 0.3) is 72.5 Å². The lowest BCUT2D eigenvalue weighted by molar-refractivity contribution is 0.669. The van der Waals surface area contributed by atoms with Crippen molar-refractivity contribution in [3.8, 4) is 28.7 Å². The lowest BCUT2D eigenvalue weighted by Gasteiger charge is -2.10. The first-order valence-corrected chi connectivity index (χ1v) is 13.0. The summed E-state index contributed by atoms with van der Waals surface area (Å²) in [6.07, 6.45) is 0. The molecule has 5 nitrogen and oxygen atoms in total. The maximum atomic E-state index is 6.21. The highest BCUT2D eigenvalue weighted by Crippen LogP contribution is 2.35. The molecule has 0 N–H and O–H groups in total. The molecule has 3 aromatic heterocycles. The van der Waals surface area contributed by atoms with E-state index >= 15 is 0 Å². The van der Waals surface area contributed by atoms with Crippen LogP contribution in [0.2, 0.25) is 5.02 Å². The molecular weight excluding hydrogens is 504 g/mol. The number of hydrogen-bond acceptors (Lipinski definition) is 4. The molecule has 0 atom stereocenters. The van der Waals surface area contributed by atoms with E-state index in [-0.39, 0.29) is 0 Å². The van der Waals surface area contributed by atoms with E-state index in [0.717, 1.165) is 54.9 Å². The SMILES string of the molecule is Clc1ccc2c(c1)oc1cc(-c3nc(-c4ccccc4)nc(-n4c5ccccc5c5ccccc54)n3)ccc12. The van der Waals surface area contributed by atoms with E-state index in [9.17, 15) is 0 Å². The van der Waals surface area contributed by atoms with Crippen molar-refractivity contribution in [1.82, 2.24) is 19.5 Å². The Morgan fingerprint density at radius 1 is 0.513 bits per heavy atom. The fourth-order valence-electron chi connectivity index (χ4n) is 5.34. The van der Waals surface area contributed by atoms with Gasteiger partial charge in [0.05, 0.1) is 11.0 Å². The Balaban J connectivity index is 1.40. The second-order valence-corrected chi connectivity index (χ2v) is 9.91. The molecule has 0 aliphatic carbocycles. The van der Waals surface area contributed by atoms with Crippen molar-refractivity contribution >= 4 is 55.3 Å². The number of benzene rings is 5. The van der Waals surface area contributed by atoms with E-state index in [1.165, 1.54) is 0 Å². The molecule has 0 fully saturated rings. The summed E-state index contributed by atoms with van der Waals surface area (Å²) >= 11 is 6.21. The number of hydrogen-bond donors (Lipinski definition) is 0. The van der Waals surface area contributed by atoms with Gasteiger partial charge in [-0.15, -0.1) is 0 Å². The van der Waals surface area contributed by atoms with Crippen LogP contribution < -0.4 is 0 Å². The largest absolute Gasteiger partial charge is 0.456 e. The van der Waals surface area contributed by atoms with Crippen molar-refractivity contribution in [2.45, 2.75) is 0 Å². The molecule has 5 aromatic carbocycles. The highest BCUT2D eigenvalue weighted by molar-refractivity contribution is 6.31. The zero-order valence-corrected chi connectivity index (χ0v) is 21.3. The van der Waals surface area contributed by atoms with Crippen LogP contribution in [0.4, 0.5) is 0 Å². The minimum Gasteiger partial charge on any atom is -0.456 e. The number of furan rings is 1. The van der Waals surface area contributed by atoms with Crippen molar-refractivity contribution in [2.24, 2.45) is 0 Å². The smallest absolute Gasteiger partial charge is 0.238 e. The molecule has 8 aromatic rings. The van der Waals surface area contributed by atoms with Gasteiger partial charge in [0.15, 0.2) is 11.6 Å². The number of fused-ring (bicyclic) bond motifs is 6. The lowest BCUT2D eigenvalue weighted by atomic mass is 10.1. The van der Waals surface area contributed by atoms with Crippen molar-refractivity contribution in [3.05, 3.63) is 120 Å². The first kappa shape index (κ1) is 22.0. The Kier molecular flexibility index (Phi) is 4.81. The quantitative estimate of drug-likeness (QED) is 0.232. The van der Waals surface area contributed by atoms with E-state index < -0.39 is 0 Å². The Morgan fingerprint density at radius 3 is 1.82 bits per heavy atom. The van der Waals surface area contributed by atoms with Gasteiger partial charge in [0, 0.05) is 43.8 Å². The maximum Gasteiger partial charge on any atom is 0.238 e. The van der Waals surface area contributed by atoms with Crippen molar-refractivity contribution < 1.29 is 4.42 Å². The molecule has 39 heavy (non-hydrogen) atoms. The highest BCUT2D eigenvalue weighted by atomic mass is 35.5. The number of rotatable bonds is 3. The number of halogens is 1. The van der Waals surface area contributed by atoms with Gasteiger partial charge in [-0.05, 0) is 36.4 Å². The van der Waals surface area contributed by atoms with Gasteiger partial charge in [-0.25, -0.2) is 4.98 Å². The summed E-state index contributed by atoms with van der Waals surface area (Å²) in [6, 6.07) is 38.5. The van der Waals surface area contributed by atoms with Gasteiger partial charge >= 0.3 is 0 Å². The average Bonchev–Trinajstić information content (AvgIpc) is 3.52. The van der Waals surface area contributed by atoms with Gasteiger partial charge in [0.25, 0.3) is 0 Å². The second-order valence-electron chi connectivity index (χ2n) is 9.47. The molecule has 0 aliphatic heterocycles. The maximum absolute atomic E-state index is 6.21. The third-order valence-electron chi connectivity index (χ3n) is 7.13. The number of para-hydroxylation sites is 2. The minimum absolute atomic E-state index is 0.563. The van der Waals surface area contributed by atoms with Crippen LogP contribution in [0, 0.1) is 0 Å². The van der Waals surface area contributed by atoms with Gasteiger partial charge in [-0.3, -0.25) is 4.57 Å². The third kappa shape index (κ3) is 3.51. The fraction of sp³-hybridized carbons (Fsp3) is 0. The predicted molar refractivity (Wildman–Crippen MR) is 157 cm³/mol. The molecule has 6 heteroatoms. The number of nitrogens with zero attached hydrogens (tertiary/aromatic N) is 4. The number of aromatic nitrogens is 4. The zero-order chi connectivity index (χ0) is 25.9. The Bertz CT molecular complexity index is 2140. The first-order valence-electron chi connectivity index (χ1n) is 12.7. The van der Waals surface area contributed by atoms with E-state index in [0.29, 0.717) is 22.6 Å². The summed E-state index contributed by atoms with van der Waals surface area (Å²) in [5.41, 5.74) is 5.35. The molecule has 184 valence electrons. The Hall–Kier alpha value is -5.00. The summed E-state index contributed by atoms with van der Waals surface area (Å²) in [5.74, 6) is 1.74. The van der Waals surface area contributed by atoms with E-state index in [1.807, 2.05) is 72.8 Å². The molecule has 0 saturated carbocycles. The standard InChI is InChI=1S/C33H19ClN4O/c34-22-15-17-26-25-16-14-21(18-29(25)39-30(26)19-22)32-35-31(20-8-2-1-3-9-20)36-33(37-32)38-27-12-6-4-10-23(27)24-11-5-7-13-28(24)38/h1-19H. The van der Waals surface area contributed by atoms with Crippen LogP contribution in [-0.2, 0) is 0 Å². The Labute approximate surface area is 228 Å². The summed E-state index contributed by atoms with van der Waals surface area (Å²) in [4.78, 5) is 14.9. The van der Waals surface area contributed by atoms with Crippen LogP contribution in [0.15, 0.2) is 120 Å². The molecule has 0 spiro atoms. The van der Waals surface area contributed by atoms with Crippen LogP contribution in [-0.4, -0.2) is 19.5 Å². The summed E-state index contributed by atoms with van der Waals surface area (Å²) in [6.45, 7) is 0. The van der Waals surface area contributed by atoms with E-state index in [2.05, 4.69) is 47.0 Å². The molecule has 3 heterocycles. The molecular formula is C33H19ClN4O. The molecule has 0 amide bonds. The fourth-order valence-corrected chi connectivity index (χ4v) is 5.50. The molecule has 0 bridgehead atoms. The summed E-state index contributed by atoms with van der Waals surface area (Å²) in [7, 11) is 0. The van der Waals surface area contributed by atoms with Crippen molar-refractivity contribution in [2.75, 3.05) is 0 Å². The van der Waals surface area contributed by atoms with E-state index in [4.69, 9.17) is 31.0 Å². The van der Waals surface area contributed by atoms with Crippen molar-refractivity contribution in [3.63, 3.8) is 0 Å². The van der Waals surface area contributed by atoms with Gasteiger partial charge in [-0.1, -0.05) is 84.4 Å².